The lowest BCUT2D eigenvalue weighted by Crippen LogP contribution is -2.16. The molecule has 0 saturated carbocycles. The monoisotopic (exact) mass is 561 g/mol. The zero-order valence-corrected chi connectivity index (χ0v) is 24.9. The highest BCUT2D eigenvalue weighted by Gasteiger charge is 2.39. The van der Waals surface area contributed by atoms with Gasteiger partial charge in [0.1, 0.15) is 0 Å². The fourth-order valence-corrected chi connectivity index (χ4v) is 7.63. The first-order valence-electron chi connectivity index (χ1n) is 15.4. The number of para-hydroxylation sites is 1. The highest BCUT2D eigenvalue weighted by molar-refractivity contribution is 6.13. The summed E-state index contributed by atoms with van der Waals surface area (Å²) in [5.41, 5.74) is 13.9. The van der Waals surface area contributed by atoms with Crippen molar-refractivity contribution >= 4 is 32.6 Å². The lowest BCUT2D eigenvalue weighted by atomic mass is 9.81. The molecule has 0 aliphatic heterocycles. The SMILES string of the molecule is CC1(C)c2cc3ccccc3cc2-c2ccc3c4ccccc4n(-c4cc(-c5ccccc5)cc(-c5ccccc5)c4)c3c21. The van der Waals surface area contributed by atoms with Crippen LogP contribution >= 0.6 is 0 Å². The van der Waals surface area contributed by atoms with E-state index in [2.05, 4.69) is 170 Å². The Bertz CT molecular complexity index is 2330. The van der Waals surface area contributed by atoms with Crippen LogP contribution in [0.5, 0.6) is 0 Å². The minimum atomic E-state index is -0.167. The Balaban J connectivity index is 1.40. The van der Waals surface area contributed by atoms with Gasteiger partial charge in [-0.3, -0.25) is 0 Å². The van der Waals surface area contributed by atoms with Crippen LogP contribution in [0.2, 0.25) is 0 Å². The van der Waals surface area contributed by atoms with E-state index in [9.17, 15) is 0 Å². The molecule has 0 atom stereocenters. The van der Waals surface area contributed by atoms with Crippen molar-refractivity contribution < 1.29 is 0 Å². The maximum atomic E-state index is 2.54. The number of aromatic nitrogens is 1. The van der Waals surface area contributed by atoms with Gasteiger partial charge in [0.05, 0.1) is 11.0 Å². The molecule has 0 bridgehead atoms. The molecule has 0 N–H and O–H groups in total. The van der Waals surface area contributed by atoms with Crippen LogP contribution in [-0.4, -0.2) is 4.57 Å². The van der Waals surface area contributed by atoms with Crippen molar-refractivity contribution in [3.05, 3.63) is 163 Å². The molecule has 0 saturated heterocycles. The highest BCUT2D eigenvalue weighted by Crippen LogP contribution is 2.54. The van der Waals surface area contributed by atoms with Gasteiger partial charge in [0.2, 0.25) is 0 Å². The molecule has 44 heavy (non-hydrogen) atoms. The number of benzene rings is 7. The van der Waals surface area contributed by atoms with Gasteiger partial charge in [0.25, 0.3) is 0 Å². The Morgan fingerprint density at radius 2 is 1.05 bits per heavy atom. The van der Waals surface area contributed by atoms with E-state index in [1.807, 2.05) is 0 Å². The molecule has 1 aromatic heterocycles. The summed E-state index contributed by atoms with van der Waals surface area (Å²) in [6.07, 6.45) is 0. The maximum absolute atomic E-state index is 2.54. The van der Waals surface area contributed by atoms with Gasteiger partial charge < -0.3 is 4.57 Å². The first-order valence-corrected chi connectivity index (χ1v) is 15.4. The van der Waals surface area contributed by atoms with E-state index >= 15 is 0 Å². The first kappa shape index (κ1) is 25.1. The molecule has 9 rings (SSSR count). The van der Waals surface area contributed by atoms with Crippen LogP contribution < -0.4 is 0 Å². The second-order valence-corrected chi connectivity index (χ2v) is 12.6. The number of rotatable bonds is 3. The van der Waals surface area contributed by atoms with E-state index in [0.29, 0.717) is 0 Å². The smallest absolute Gasteiger partial charge is 0.0588 e. The molecule has 1 nitrogen and oxygen atoms in total. The summed E-state index contributed by atoms with van der Waals surface area (Å²) in [5, 5.41) is 5.18. The van der Waals surface area contributed by atoms with Gasteiger partial charge in [-0.25, -0.2) is 0 Å². The summed E-state index contributed by atoms with van der Waals surface area (Å²) in [6, 6.07) is 55.8. The van der Waals surface area contributed by atoms with E-state index in [1.165, 1.54) is 82.8 Å². The quantitative estimate of drug-likeness (QED) is 0.202. The third-order valence-electron chi connectivity index (χ3n) is 9.70. The normalized spacial score (nSPS) is 13.4. The van der Waals surface area contributed by atoms with Crippen molar-refractivity contribution in [2.24, 2.45) is 0 Å². The predicted octanol–water partition coefficient (Wildman–Crippen LogP) is 11.6. The Labute approximate surface area is 257 Å². The number of fused-ring (bicyclic) bond motifs is 8. The summed E-state index contributed by atoms with van der Waals surface area (Å²) in [5.74, 6) is 0. The lowest BCUT2D eigenvalue weighted by molar-refractivity contribution is 0.664. The van der Waals surface area contributed by atoms with Crippen molar-refractivity contribution in [3.63, 3.8) is 0 Å². The molecule has 208 valence electrons. The van der Waals surface area contributed by atoms with Gasteiger partial charge in [-0.1, -0.05) is 129 Å². The molecule has 0 unspecified atom stereocenters. The minimum Gasteiger partial charge on any atom is -0.309 e. The summed E-state index contributed by atoms with van der Waals surface area (Å²) in [6.45, 7) is 4.81. The highest BCUT2D eigenvalue weighted by atomic mass is 15.0. The first-order chi connectivity index (χ1) is 21.6. The van der Waals surface area contributed by atoms with E-state index in [4.69, 9.17) is 0 Å². The van der Waals surface area contributed by atoms with Crippen molar-refractivity contribution in [2.45, 2.75) is 19.3 Å². The zero-order chi connectivity index (χ0) is 29.4. The van der Waals surface area contributed by atoms with Crippen molar-refractivity contribution in [1.82, 2.24) is 4.57 Å². The van der Waals surface area contributed by atoms with Crippen LogP contribution in [0.25, 0.3) is 71.6 Å². The van der Waals surface area contributed by atoms with Gasteiger partial charge in [-0.15, -0.1) is 0 Å². The van der Waals surface area contributed by atoms with E-state index in [0.717, 1.165) is 0 Å². The average molecular weight is 562 g/mol. The van der Waals surface area contributed by atoms with Gasteiger partial charge in [0, 0.05) is 21.9 Å². The molecule has 1 heterocycles. The van der Waals surface area contributed by atoms with Crippen LogP contribution in [0.3, 0.4) is 0 Å². The fraction of sp³-hybridized carbons (Fsp3) is 0.0698. The van der Waals surface area contributed by atoms with Crippen LogP contribution in [0.1, 0.15) is 25.0 Å². The van der Waals surface area contributed by atoms with Crippen molar-refractivity contribution in [2.75, 3.05) is 0 Å². The molecule has 0 fully saturated rings. The standard InChI is InChI=1S/C43H31N/c1-43(2)39-27-31-18-10-9-17-30(31)26-38(39)36-21-22-37-35-19-11-12-20-40(35)44(42(37)41(36)43)34-24-32(28-13-5-3-6-14-28)23-33(25-34)29-15-7-4-8-16-29/h3-27H,1-2H3. The summed E-state index contributed by atoms with van der Waals surface area (Å²) < 4.78 is 2.54. The van der Waals surface area contributed by atoms with Crippen molar-refractivity contribution in [1.29, 1.82) is 0 Å². The maximum Gasteiger partial charge on any atom is 0.0588 e. The molecule has 0 amide bonds. The molecule has 1 aliphatic carbocycles. The second-order valence-electron chi connectivity index (χ2n) is 12.6. The summed E-state index contributed by atoms with van der Waals surface area (Å²) in [4.78, 5) is 0. The Kier molecular flexibility index (Phi) is 5.31. The van der Waals surface area contributed by atoms with Crippen molar-refractivity contribution in [3.8, 4) is 39.1 Å². The molecule has 1 aliphatic rings. The second kappa shape index (κ2) is 9.30. The van der Waals surface area contributed by atoms with E-state index in [-0.39, 0.29) is 5.41 Å². The number of hydrogen-bond donors (Lipinski definition) is 0. The summed E-state index contributed by atoms with van der Waals surface area (Å²) in [7, 11) is 0. The van der Waals surface area contributed by atoms with Crippen LogP contribution in [0.15, 0.2) is 152 Å². The number of hydrogen-bond acceptors (Lipinski definition) is 0. The van der Waals surface area contributed by atoms with Crippen LogP contribution in [-0.2, 0) is 5.41 Å². The molecule has 0 radical (unpaired) electrons. The molecular formula is C43H31N. The van der Waals surface area contributed by atoms with Gasteiger partial charge >= 0.3 is 0 Å². The Morgan fingerprint density at radius 1 is 0.455 bits per heavy atom. The predicted molar refractivity (Wildman–Crippen MR) is 187 cm³/mol. The largest absolute Gasteiger partial charge is 0.309 e. The van der Waals surface area contributed by atoms with E-state index < -0.39 is 0 Å². The van der Waals surface area contributed by atoms with Gasteiger partial charge in [-0.05, 0) is 91.7 Å². The zero-order valence-electron chi connectivity index (χ0n) is 24.9. The number of nitrogens with zero attached hydrogens (tertiary/aromatic N) is 1. The molecule has 7 aromatic carbocycles. The molecular weight excluding hydrogens is 530 g/mol. The molecule has 1 heteroatoms. The van der Waals surface area contributed by atoms with E-state index in [1.54, 1.807) is 0 Å². The average Bonchev–Trinajstić information content (AvgIpc) is 3.53. The van der Waals surface area contributed by atoms with Gasteiger partial charge in [-0.2, -0.15) is 0 Å². The third-order valence-corrected chi connectivity index (χ3v) is 9.70. The summed E-state index contributed by atoms with van der Waals surface area (Å²) >= 11 is 0. The van der Waals surface area contributed by atoms with Crippen LogP contribution in [0, 0.1) is 0 Å². The van der Waals surface area contributed by atoms with Crippen LogP contribution in [0.4, 0.5) is 0 Å². The lowest BCUT2D eigenvalue weighted by Gasteiger charge is -2.24. The Morgan fingerprint density at radius 3 is 1.73 bits per heavy atom. The Hall–Kier alpha value is -5.40. The third kappa shape index (κ3) is 3.59. The molecule has 8 aromatic rings. The molecule has 0 spiro atoms. The van der Waals surface area contributed by atoms with Gasteiger partial charge in [0.15, 0.2) is 0 Å². The fourth-order valence-electron chi connectivity index (χ4n) is 7.63. The topological polar surface area (TPSA) is 4.93 Å². The minimum absolute atomic E-state index is 0.167.